The van der Waals surface area contributed by atoms with E-state index >= 15 is 0 Å². The molecule has 2 aromatic rings. The number of carboxylic acid groups (broad SMARTS) is 1. The van der Waals surface area contributed by atoms with Crippen molar-refractivity contribution in [2.24, 2.45) is 5.73 Å². The minimum Gasteiger partial charge on any atom is -0.480 e. The number of aliphatic carboxylic acids is 1. The predicted octanol–water partition coefficient (Wildman–Crippen LogP) is 2.42. The Kier molecular flexibility index (Phi) is 9.37. The van der Waals surface area contributed by atoms with Crippen molar-refractivity contribution in [1.29, 1.82) is 0 Å². The molecule has 0 aliphatic heterocycles. The lowest BCUT2D eigenvalue weighted by Crippen LogP contribution is -2.40. The Hall–Kier alpha value is -3.72. The molecule has 170 valence electrons. The molecule has 9 heteroatoms. The van der Waals surface area contributed by atoms with E-state index < -0.39 is 35.9 Å². The number of nitrogens with two attached hydrogens (primary N) is 1. The van der Waals surface area contributed by atoms with Crippen molar-refractivity contribution in [1.82, 2.24) is 5.32 Å². The molecule has 0 bridgehead atoms. The van der Waals surface area contributed by atoms with Crippen LogP contribution in [-0.4, -0.2) is 41.0 Å². The van der Waals surface area contributed by atoms with Gasteiger partial charge in [0.2, 0.25) is 0 Å². The van der Waals surface area contributed by atoms with E-state index in [1.165, 1.54) is 12.1 Å². The van der Waals surface area contributed by atoms with E-state index in [0.29, 0.717) is 11.1 Å². The summed E-state index contributed by atoms with van der Waals surface area (Å²) in [5.74, 6) is -2.14. The molecule has 2 rings (SSSR count). The normalized spacial score (nSPS) is 12.3. The van der Waals surface area contributed by atoms with Gasteiger partial charge in [-0.25, -0.2) is 9.59 Å². The first-order valence-electron chi connectivity index (χ1n) is 10.0. The van der Waals surface area contributed by atoms with Gasteiger partial charge in [0.25, 0.3) is 0 Å². The van der Waals surface area contributed by atoms with Crippen LogP contribution in [0.5, 0.6) is 0 Å². The van der Waals surface area contributed by atoms with Crippen molar-refractivity contribution >= 4 is 23.8 Å². The van der Waals surface area contributed by atoms with E-state index in [0.717, 1.165) is 5.56 Å². The standard InChI is InChI=1S/C23H26N2O7/c1-2-19(22(28)29)25-23(30)32-14-16-8-10-17(11-9-16)21(27)18(24)12-20(26)31-13-15-6-4-3-5-7-15/h3-11,18-19H,2,12-14,24H2,1H3,(H,25,30)(H,28,29)/t18-,19?/m0/s1. The van der Waals surface area contributed by atoms with Crippen LogP contribution in [0.15, 0.2) is 54.6 Å². The summed E-state index contributed by atoms with van der Waals surface area (Å²) in [6, 6.07) is 13.3. The number of hydrogen-bond acceptors (Lipinski definition) is 7. The van der Waals surface area contributed by atoms with Crippen molar-refractivity contribution in [3.05, 3.63) is 71.3 Å². The molecule has 0 heterocycles. The molecule has 0 fully saturated rings. The average Bonchev–Trinajstić information content (AvgIpc) is 2.80. The van der Waals surface area contributed by atoms with Gasteiger partial charge in [-0.1, -0.05) is 61.5 Å². The summed E-state index contributed by atoms with van der Waals surface area (Å²) < 4.78 is 10.1. The number of ether oxygens (including phenoxy) is 2. The molecule has 2 aromatic carbocycles. The van der Waals surface area contributed by atoms with E-state index in [-0.39, 0.29) is 26.1 Å². The van der Waals surface area contributed by atoms with Crippen LogP contribution in [0.25, 0.3) is 0 Å². The maximum Gasteiger partial charge on any atom is 0.408 e. The number of benzene rings is 2. The lowest BCUT2D eigenvalue weighted by molar-refractivity contribution is -0.145. The molecule has 1 unspecified atom stereocenters. The summed E-state index contributed by atoms with van der Waals surface area (Å²) in [7, 11) is 0. The van der Waals surface area contributed by atoms with E-state index in [2.05, 4.69) is 5.32 Å². The fourth-order valence-electron chi connectivity index (χ4n) is 2.72. The van der Waals surface area contributed by atoms with Gasteiger partial charge in [0.1, 0.15) is 19.3 Å². The summed E-state index contributed by atoms with van der Waals surface area (Å²) in [5, 5.41) is 11.2. The highest BCUT2D eigenvalue weighted by atomic mass is 16.5. The molecule has 0 spiro atoms. The second-order valence-corrected chi connectivity index (χ2v) is 7.04. The molecule has 0 aliphatic rings. The van der Waals surface area contributed by atoms with Crippen LogP contribution < -0.4 is 11.1 Å². The highest BCUT2D eigenvalue weighted by Gasteiger charge is 2.21. The second-order valence-electron chi connectivity index (χ2n) is 7.04. The number of carbonyl (C=O) groups excluding carboxylic acids is 3. The monoisotopic (exact) mass is 442 g/mol. The number of carbonyl (C=O) groups is 4. The smallest absolute Gasteiger partial charge is 0.408 e. The predicted molar refractivity (Wildman–Crippen MR) is 115 cm³/mol. The topological polar surface area (TPSA) is 145 Å². The lowest BCUT2D eigenvalue weighted by atomic mass is 10.0. The minimum atomic E-state index is -1.15. The molecule has 32 heavy (non-hydrogen) atoms. The van der Waals surface area contributed by atoms with Gasteiger partial charge in [0.05, 0.1) is 12.5 Å². The number of carboxylic acids is 1. The molecular formula is C23H26N2O7. The zero-order valence-corrected chi connectivity index (χ0v) is 17.7. The Bertz CT molecular complexity index is 929. The summed E-state index contributed by atoms with van der Waals surface area (Å²) in [5.41, 5.74) is 7.59. The highest BCUT2D eigenvalue weighted by Crippen LogP contribution is 2.10. The van der Waals surface area contributed by atoms with Gasteiger partial charge in [-0.15, -0.1) is 0 Å². The van der Waals surface area contributed by atoms with Crippen LogP contribution in [0.2, 0.25) is 0 Å². The first-order chi connectivity index (χ1) is 15.3. The SMILES string of the molecule is CCC(NC(=O)OCc1ccc(C(=O)[C@@H](N)CC(=O)OCc2ccccc2)cc1)C(=O)O. The Morgan fingerprint density at radius 1 is 0.938 bits per heavy atom. The number of esters is 1. The third-order valence-corrected chi connectivity index (χ3v) is 4.57. The largest absolute Gasteiger partial charge is 0.480 e. The first kappa shape index (κ1) is 24.5. The van der Waals surface area contributed by atoms with E-state index in [1.807, 2.05) is 30.3 Å². The molecule has 0 saturated carbocycles. The van der Waals surface area contributed by atoms with E-state index in [9.17, 15) is 19.2 Å². The van der Waals surface area contributed by atoms with Crippen molar-refractivity contribution in [3.63, 3.8) is 0 Å². The fraction of sp³-hybridized carbons (Fsp3) is 0.304. The maximum absolute atomic E-state index is 12.5. The molecule has 0 radical (unpaired) electrons. The summed E-state index contributed by atoms with van der Waals surface area (Å²) >= 11 is 0. The average molecular weight is 442 g/mol. The van der Waals surface area contributed by atoms with Crippen molar-refractivity contribution in [2.45, 2.75) is 45.1 Å². The Balaban J connectivity index is 1.80. The first-order valence-corrected chi connectivity index (χ1v) is 10.0. The number of Topliss-reactive ketones (excluding diaryl/α,β-unsaturated/α-hetero) is 1. The van der Waals surface area contributed by atoms with Gasteiger partial charge in [-0.2, -0.15) is 0 Å². The number of amides is 1. The Morgan fingerprint density at radius 3 is 2.12 bits per heavy atom. The second kappa shape index (κ2) is 12.2. The third kappa shape index (κ3) is 7.84. The third-order valence-electron chi connectivity index (χ3n) is 4.57. The molecular weight excluding hydrogens is 416 g/mol. The van der Waals surface area contributed by atoms with Gasteiger partial charge in [0, 0.05) is 5.56 Å². The van der Waals surface area contributed by atoms with Crippen LogP contribution in [0.4, 0.5) is 4.79 Å². The summed E-state index contributed by atoms with van der Waals surface area (Å²) in [4.78, 5) is 47.0. The van der Waals surface area contributed by atoms with Crippen LogP contribution in [-0.2, 0) is 32.3 Å². The molecule has 0 saturated heterocycles. The molecule has 2 atom stereocenters. The number of rotatable bonds is 11. The Labute approximate surface area is 185 Å². The fourth-order valence-corrected chi connectivity index (χ4v) is 2.72. The maximum atomic E-state index is 12.5. The molecule has 0 aliphatic carbocycles. The van der Waals surface area contributed by atoms with E-state index in [1.54, 1.807) is 19.1 Å². The van der Waals surface area contributed by atoms with Crippen LogP contribution >= 0.6 is 0 Å². The van der Waals surface area contributed by atoms with Crippen molar-refractivity contribution in [3.8, 4) is 0 Å². The van der Waals surface area contributed by atoms with Gasteiger partial charge in [0.15, 0.2) is 5.78 Å². The van der Waals surface area contributed by atoms with Gasteiger partial charge >= 0.3 is 18.0 Å². The highest BCUT2D eigenvalue weighted by molar-refractivity contribution is 6.01. The van der Waals surface area contributed by atoms with Crippen molar-refractivity contribution < 1.29 is 33.8 Å². The minimum absolute atomic E-state index is 0.103. The summed E-state index contributed by atoms with van der Waals surface area (Å²) in [6.45, 7) is 1.63. The zero-order chi connectivity index (χ0) is 23.5. The van der Waals surface area contributed by atoms with Gasteiger partial charge in [-0.05, 0) is 17.5 Å². The summed E-state index contributed by atoms with van der Waals surface area (Å²) in [6.07, 6.45) is -0.879. The van der Waals surface area contributed by atoms with Crippen LogP contribution in [0, 0.1) is 0 Å². The van der Waals surface area contributed by atoms with Crippen LogP contribution in [0.1, 0.15) is 41.3 Å². The number of hydrogen-bond donors (Lipinski definition) is 3. The van der Waals surface area contributed by atoms with Crippen molar-refractivity contribution in [2.75, 3.05) is 0 Å². The van der Waals surface area contributed by atoms with E-state index in [4.69, 9.17) is 20.3 Å². The van der Waals surface area contributed by atoms with Gasteiger partial charge in [-0.3, -0.25) is 9.59 Å². The number of nitrogens with one attached hydrogen (secondary N) is 1. The molecule has 1 amide bonds. The van der Waals surface area contributed by atoms with Crippen LogP contribution in [0.3, 0.4) is 0 Å². The molecule has 9 nitrogen and oxygen atoms in total. The molecule has 0 aromatic heterocycles. The quantitative estimate of drug-likeness (QED) is 0.355. The molecule has 4 N–H and O–H groups in total. The zero-order valence-electron chi connectivity index (χ0n) is 17.7. The number of alkyl carbamates (subject to hydrolysis) is 1. The Morgan fingerprint density at radius 2 is 1.53 bits per heavy atom. The lowest BCUT2D eigenvalue weighted by Gasteiger charge is -2.13. The van der Waals surface area contributed by atoms with Gasteiger partial charge < -0.3 is 25.6 Å². The number of ketones is 1.